The number of nitrogens with zero attached hydrogens (tertiary/aromatic N) is 2. The number of nitrogens with one attached hydrogen (secondary N) is 2. The largest absolute Gasteiger partial charge is 0.449 e. The lowest BCUT2D eigenvalue weighted by atomic mass is 10.2. The van der Waals surface area contributed by atoms with Crippen LogP contribution >= 0.6 is 0 Å². The van der Waals surface area contributed by atoms with E-state index in [-0.39, 0.29) is 16.5 Å². The second-order valence-electron chi connectivity index (χ2n) is 7.41. The summed E-state index contributed by atoms with van der Waals surface area (Å²) < 4.78 is 33.3. The van der Waals surface area contributed by atoms with Gasteiger partial charge in [0.25, 0.3) is 5.91 Å². The van der Waals surface area contributed by atoms with E-state index < -0.39 is 22.0 Å². The number of ether oxygens (including phenoxy) is 1. The maximum atomic E-state index is 12.7. The Hall–Kier alpha value is -2.85. The zero-order chi connectivity index (χ0) is 23.2. The Balaban J connectivity index is 2.14. The van der Waals surface area contributed by atoms with Gasteiger partial charge in [0.2, 0.25) is 10.0 Å². The van der Waals surface area contributed by atoms with Crippen LogP contribution in [-0.4, -0.2) is 49.0 Å². The molecule has 0 radical (unpaired) electrons. The van der Waals surface area contributed by atoms with Crippen LogP contribution in [0.4, 0.5) is 16.2 Å². The number of rotatable bonds is 9. The van der Waals surface area contributed by atoms with Crippen LogP contribution in [0, 0.1) is 5.92 Å². The number of hydrogen-bond donors (Lipinski definition) is 2. The molecule has 10 heteroatoms. The van der Waals surface area contributed by atoms with Gasteiger partial charge in [-0.25, -0.2) is 13.2 Å². The third kappa shape index (κ3) is 6.31. The third-order valence-electron chi connectivity index (χ3n) is 4.47. The summed E-state index contributed by atoms with van der Waals surface area (Å²) in [4.78, 5) is 24.6. The molecule has 0 saturated heterocycles. The topological polar surface area (TPSA) is 110 Å². The van der Waals surface area contributed by atoms with Gasteiger partial charge in [0.05, 0.1) is 6.61 Å². The molecule has 0 atom stereocenters. The fraction of sp³-hybridized carbons (Fsp3) is 0.429. The number of anilines is 2. The Bertz CT molecular complexity index is 1030. The highest BCUT2D eigenvalue weighted by molar-refractivity contribution is 7.89. The first-order valence-electron chi connectivity index (χ1n) is 10.1. The number of benzene rings is 1. The molecule has 2 amide bonds. The van der Waals surface area contributed by atoms with E-state index in [1.54, 1.807) is 45.2 Å². The molecule has 0 aliphatic heterocycles. The van der Waals surface area contributed by atoms with Gasteiger partial charge >= 0.3 is 6.09 Å². The van der Waals surface area contributed by atoms with Gasteiger partial charge in [0.15, 0.2) is 0 Å². The molecule has 1 aromatic heterocycles. The molecule has 2 rings (SSSR count). The van der Waals surface area contributed by atoms with Crippen molar-refractivity contribution in [3.05, 3.63) is 42.2 Å². The van der Waals surface area contributed by atoms with E-state index in [1.807, 2.05) is 13.8 Å². The predicted molar refractivity (Wildman–Crippen MR) is 120 cm³/mol. The Labute approximate surface area is 183 Å². The van der Waals surface area contributed by atoms with Gasteiger partial charge in [-0.1, -0.05) is 33.8 Å². The first kappa shape index (κ1) is 24.4. The van der Waals surface area contributed by atoms with Crippen LogP contribution in [0.15, 0.2) is 41.4 Å². The van der Waals surface area contributed by atoms with Gasteiger partial charge in [-0.15, -0.1) is 0 Å². The van der Waals surface area contributed by atoms with Crippen molar-refractivity contribution in [3.8, 4) is 0 Å². The van der Waals surface area contributed by atoms with E-state index in [2.05, 4.69) is 10.6 Å². The second-order valence-corrected chi connectivity index (χ2v) is 9.35. The molecule has 170 valence electrons. The van der Waals surface area contributed by atoms with Crippen molar-refractivity contribution in [3.63, 3.8) is 0 Å². The Morgan fingerprint density at radius 1 is 1.10 bits per heavy atom. The van der Waals surface area contributed by atoms with Gasteiger partial charge in [0, 0.05) is 37.7 Å². The van der Waals surface area contributed by atoms with E-state index in [9.17, 15) is 18.0 Å². The molecule has 2 aromatic rings. The van der Waals surface area contributed by atoms with Crippen molar-refractivity contribution in [1.29, 1.82) is 0 Å². The molecule has 1 heterocycles. The predicted octanol–water partition coefficient (Wildman–Crippen LogP) is 3.51. The first-order valence-corrected chi connectivity index (χ1v) is 11.5. The summed E-state index contributed by atoms with van der Waals surface area (Å²) in [6, 6.07) is 7.96. The summed E-state index contributed by atoms with van der Waals surface area (Å²) in [6.07, 6.45) is 0.844. The van der Waals surface area contributed by atoms with Crippen LogP contribution in [0.2, 0.25) is 0 Å². The lowest BCUT2D eigenvalue weighted by Gasteiger charge is -2.17. The summed E-state index contributed by atoms with van der Waals surface area (Å²) in [5, 5.41) is 5.33. The van der Waals surface area contributed by atoms with Crippen LogP contribution in [-0.2, 0) is 21.8 Å². The fourth-order valence-electron chi connectivity index (χ4n) is 2.88. The van der Waals surface area contributed by atoms with Gasteiger partial charge in [-0.2, -0.15) is 4.31 Å². The van der Waals surface area contributed by atoms with Gasteiger partial charge in [-0.05, 0) is 30.2 Å². The minimum absolute atomic E-state index is 0.0622. The fourth-order valence-corrected chi connectivity index (χ4v) is 4.41. The molecule has 0 saturated carbocycles. The highest BCUT2D eigenvalue weighted by Gasteiger charge is 2.25. The number of sulfonamides is 1. The standard InChI is InChI=1S/C21H30N4O5S/c1-6-25(7-2)31(28,29)18-12-19(24(5)13-18)20(26)22-16-9-8-10-17(11-16)23-21(27)30-14-15(3)4/h8-13,15H,6-7,14H2,1-5H3,(H,22,26)(H,23,27). The average Bonchev–Trinajstić information content (AvgIpc) is 3.10. The van der Waals surface area contributed by atoms with E-state index >= 15 is 0 Å². The maximum absolute atomic E-state index is 12.7. The van der Waals surface area contributed by atoms with E-state index in [4.69, 9.17) is 4.74 Å². The van der Waals surface area contributed by atoms with Crippen LogP contribution in [0.25, 0.3) is 0 Å². The molecule has 1 aromatic carbocycles. The number of amides is 2. The van der Waals surface area contributed by atoms with Gasteiger partial charge in [-0.3, -0.25) is 10.1 Å². The summed E-state index contributed by atoms with van der Waals surface area (Å²) in [5.74, 6) is -0.250. The minimum atomic E-state index is -3.67. The average molecular weight is 451 g/mol. The first-order chi connectivity index (χ1) is 14.6. The molecule has 0 aliphatic carbocycles. The Morgan fingerprint density at radius 3 is 2.29 bits per heavy atom. The summed E-state index contributed by atoms with van der Waals surface area (Å²) in [6.45, 7) is 8.38. The highest BCUT2D eigenvalue weighted by atomic mass is 32.2. The smallest absolute Gasteiger partial charge is 0.411 e. The van der Waals surface area contributed by atoms with E-state index in [0.717, 1.165) is 0 Å². The lowest BCUT2D eigenvalue weighted by molar-refractivity contribution is 0.101. The lowest BCUT2D eigenvalue weighted by Crippen LogP contribution is -2.30. The molecule has 31 heavy (non-hydrogen) atoms. The molecule has 0 fully saturated rings. The van der Waals surface area contributed by atoms with Crippen molar-refractivity contribution in [2.45, 2.75) is 32.6 Å². The van der Waals surface area contributed by atoms with Crippen LogP contribution in [0.5, 0.6) is 0 Å². The van der Waals surface area contributed by atoms with E-state index in [0.29, 0.717) is 31.1 Å². The van der Waals surface area contributed by atoms with E-state index in [1.165, 1.54) is 21.1 Å². The van der Waals surface area contributed by atoms with Crippen molar-refractivity contribution in [2.75, 3.05) is 30.3 Å². The number of aryl methyl sites for hydroxylation is 1. The molecular weight excluding hydrogens is 420 g/mol. The zero-order valence-corrected chi connectivity index (χ0v) is 19.3. The minimum Gasteiger partial charge on any atom is -0.449 e. The molecule has 0 bridgehead atoms. The summed E-state index contributed by atoms with van der Waals surface area (Å²) in [7, 11) is -2.06. The summed E-state index contributed by atoms with van der Waals surface area (Å²) in [5.41, 5.74) is 1.10. The van der Waals surface area contributed by atoms with Crippen molar-refractivity contribution < 1.29 is 22.7 Å². The normalized spacial score (nSPS) is 11.6. The molecule has 0 unspecified atom stereocenters. The maximum Gasteiger partial charge on any atom is 0.411 e. The number of aromatic nitrogens is 1. The van der Waals surface area contributed by atoms with Crippen molar-refractivity contribution >= 4 is 33.4 Å². The molecule has 9 nitrogen and oxygen atoms in total. The number of carbonyl (C=O) groups excluding carboxylic acids is 2. The number of carbonyl (C=O) groups is 2. The summed E-state index contributed by atoms with van der Waals surface area (Å²) >= 11 is 0. The second kappa shape index (κ2) is 10.5. The highest BCUT2D eigenvalue weighted by Crippen LogP contribution is 2.21. The van der Waals surface area contributed by atoms with Crippen molar-refractivity contribution in [1.82, 2.24) is 8.87 Å². The molecule has 0 aliphatic rings. The quantitative estimate of drug-likeness (QED) is 0.607. The zero-order valence-electron chi connectivity index (χ0n) is 18.5. The van der Waals surface area contributed by atoms with Crippen LogP contribution < -0.4 is 10.6 Å². The van der Waals surface area contributed by atoms with Crippen LogP contribution in [0.3, 0.4) is 0 Å². The van der Waals surface area contributed by atoms with Gasteiger partial charge < -0.3 is 14.6 Å². The Morgan fingerprint density at radius 2 is 1.71 bits per heavy atom. The third-order valence-corrected chi connectivity index (χ3v) is 6.49. The SMILES string of the molecule is CCN(CC)S(=O)(=O)c1cc(C(=O)Nc2cccc(NC(=O)OCC(C)C)c2)n(C)c1. The number of hydrogen-bond acceptors (Lipinski definition) is 5. The molecule has 2 N–H and O–H groups in total. The van der Waals surface area contributed by atoms with Crippen LogP contribution in [0.1, 0.15) is 38.2 Å². The van der Waals surface area contributed by atoms with Gasteiger partial charge in [0.1, 0.15) is 10.6 Å². The monoisotopic (exact) mass is 450 g/mol. The van der Waals surface area contributed by atoms with Crippen molar-refractivity contribution in [2.24, 2.45) is 13.0 Å². The Kier molecular flexibility index (Phi) is 8.23. The molecular formula is C21H30N4O5S. The molecule has 0 spiro atoms.